The summed E-state index contributed by atoms with van der Waals surface area (Å²) in [4.78, 5) is 1.86. The van der Waals surface area contributed by atoms with Gasteiger partial charge in [0.15, 0.2) is 0 Å². The van der Waals surface area contributed by atoms with Crippen LogP contribution in [0.2, 0.25) is 0 Å². The van der Waals surface area contributed by atoms with Crippen LogP contribution in [0.25, 0.3) is 0 Å². The highest BCUT2D eigenvalue weighted by Gasteiger charge is 2.33. The number of rotatable bonds is 5. The zero-order valence-corrected chi connectivity index (χ0v) is 15.2. The summed E-state index contributed by atoms with van der Waals surface area (Å²) in [6, 6.07) is 4.59. The quantitative estimate of drug-likeness (QED) is 0.686. The Bertz CT molecular complexity index is 536. The first-order valence-corrected chi connectivity index (χ1v) is 7.51. The molecular formula is C15H20Cl2F6N2O. The Morgan fingerprint density at radius 1 is 1.04 bits per heavy atom. The largest absolute Gasteiger partial charge is 0.573 e. The van der Waals surface area contributed by atoms with E-state index in [1.165, 1.54) is 12.1 Å². The van der Waals surface area contributed by atoms with Gasteiger partial charge >= 0.3 is 12.5 Å². The first-order valence-electron chi connectivity index (χ1n) is 7.51. The number of nitrogens with one attached hydrogen (secondary N) is 1. The molecule has 1 aromatic carbocycles. The van der Waals surface area contributed by atoms with E-state index in [-0.39, 0.29) is 31.2 Å². The molecule has 0 amide bonds. The van der Waals surface area contributed by atoms with Crippen molar-refractivity contribution in [1.82, 2.24) is 10.2 Å². The second-order valence-electron chi connectivity index (χ2n) is 5.58. The molecule has 1 saturated heterocycles. The van der Waals surface area contributed by atoms with Gasteiger partial charge in [-0.15, -0.1) is 38.0 Å². The van der Waals surface area contributed by atoms with Crippen LogP contribution in [0, 0.1) is 0 Å². The van der Waals surface area contributed by atoms with Crippen LogP contribution in [0.1, 0.15) is 24.4 Å². The van der Waals surface area contributed by atoms with Crippen LogP contribution in [-0.4, -0.2) is 43.6 Å². The minimum Gasteiger partial charge on any atom is -0.406 e. The van der Waals surface area contributed by atoms with E-state index in [0.29, 0.717) is 31.7 Å². The second kappa shape index (κ2) is 10.4. The van der Waals surface area contributed by atoms with E-state index in [1.54, 1.807) is 0 Å². The van der Waals surface area contributed by atoms with Crippen molar-refractivity contribution in [2.45, 2.75) is 31.4 Å². The number of nitrogens with zero attached hydrogens (tertiary/aromatic N) is 1. The van der Waals surface area contributed by atoms with Gasteiger partial charge in [0.05, 0.1) is 0 Å². The number of piperazine rings is 1. The molecule has 0 unspecified atom stereocenters. The number of benzene rings is 1. The third kappa shape index (κ3) is 8.66. The molecule has 0 radical (unpaired) electrons. The topological polar surface area (TPSA) is 24.5 Å². The third-order valence-electron chi connectivity index (χ3n) is 3.77. The van der Waals surface area contributed by atoms with Crippen LogP contribution in [-0.2, 0) is 0 Å². The first kappa shape index (κ1) is 25.1. The lowest BCUT2D eigenvalue weighted by Crippen LogP contribution is -2.45. The fourth-order valence-corrected chi connectivity index (χ4v) is 2.77. The summed E-state index contributed by atoms with van der Waals surface area (Å²) >= 11 is 0. The van der Waals surface area contributed by atoms with E-state index in [0.717, 1.165) is 12.1 Å². The number of halogens is 8. The fraction of sp³-hybridized carbons (Fsp3) is 0.600. The molecule has 1 aliphatic heterocycles. The van der Waals surface area contributed by atoms with E-state index in [1.807, 2.05) is 4.90 Å². The minimum atomic E-state index is -4.84. The molecule has 0 saturated carbocycles. The summed E-state index contributed by atoms with van der Waals surface area (Å²) in [6.45, 7) is 2.32. The Labute approximate surface area is 159 Å². The molecule has 2 rings (SSSR count). The standard InChI is InChI=1S/C15H18F6N2O.2ClH/c16-14(17,18)5-4-13(23-8-6-22-7-9-23)11-2-1-3-12(10-11)24-15(19,20)21;;/h1-3,10,13,22H,4-9H2;2*1H/t13-;;/m1../s1. The van der Waals surface area contributed by atoms with Crippen molar-refractivity contribution < 1.29 is 31.1 Å². The molecule has 1 heterocycles. The number of hydrogen-bond acceptors (Lipinski definition) is 3. The van der Waals surface area contributed by atoms with Crippen molar-refractivity contribution in [3.05, 3.63) is 29.8 Å². The lowest BCUT2D eigenvalue weighted by molar-refractivity contribution is -0.274. The normalized spacial score (nSPS) is 17.0. The van der Waals surface area contributed by atoms with E-state index >= 15 is 0 Å². The Morgan fingerprint density at radius 2 is 1.65 bits per heavy atom. The highest BCUT2D eigenvalue weighted by atomic mass is 35.5. The zero-order valence-electron chi connectivity index (χ0n) is 13.6. The Hall–Kier alpha value is -0.900. The molecule has 0 aliphatic carbocycles. The van der Waals surface area contributed by atoms with Crippen LogP contribution in [0.4, 0.5) is 26.3 Å². The van der Waals surface area contributed by atoms with Gasteiger partial charge in [-0.2, -0.15) is 13.2 Å². The summed E-state index contributed by atoms with van der Waals surface area (Å²) in [6.07, 6.45) is -10.4. The highest BCUT2D eigenvalue weighted by Crippen LogP contribution is 2.34. The molecule has 0 spiro atoms. The van der Waals surface area contributed by atoms with Crippen LogP contribution < -0.4 is 10.1 Å². The summed E-state index contributed by atoms with van der Waals surface area (Å²) in [7, 11) is 0. The average molecular weight is 429 g/mol. The maximum Gasteiger partial charge on any atom is 0.573 e. The Kier molecular flexibility index (Phi) is 10.1. The fourth-order valence-electron chi connectivity index (χ4n) is 2.77. The third-order valence-corrected chi connectivity index (χ3v) is 3.77. The highest BCUT2D eigenvalue weighted by molar-refractivity contribution is 5.85. The van der Waals surface area contributed by atoms with Gasteiger partial charge in [0.1, 0.15) is 5.75 Å². The Balaban J connectivity index is 0.00000312. The minimum absolute atomic E-state index is 0. The van der Waals surface area contributed by atoms with Crippen molar-refractivity contribution in [3.8, 4) is 5.75 Å². The van der Waals surface area contributed by atoms with Gasteiger partial charge in [0.25, 0.3) is 0 Å². The SMILES string of the molecule is Cl.Cl.FC(F)(F)CC[C@H](c1cccc(OC(F)(F)F)c1)N1CCNCC1. The molecule has 3 nitrogen and oxygen atoms in total. The zero-order chi connectivity index (χ0) is 17.8. The molecule has 11 heteroatoms. The molecule has 26 heavy (non-hydrogen) atoms. The van der Waals surface area contributed by atoms with Crippen LogP contribution in [0.15, 0.2) is 24.3 Å². The van der Waals surface area contributed by atoms with Gasteiger partial charge in [-0.05, 0) is 24.1 Å². The molecular weight excluding hydrogens is 409 g/mol. The maximum absolute atomic E-state index is 12.6. The van der Waals surface area contributed by atoms with Gasteiger partial charge in [0, 0.05) is 38.6 Å². The van der Waals surface area contributed by atoms with Crippen molar-refractivity contribution in [2.24, 2.45) is 0 Å². The lowest BCUT2D eigenvalue weighted by atomic mass is 9.99. The summed E-state index contributed by atoms with van der Waals surface area (Å²) in [5, 5.41) is 3.10. The molecule has 1 aliphatic rings. The average Bonchev–Trinajstić information content (AvgIpc) is 2.46. The van der Waals surface area contributed by atoms with Crippen LogP contribution in [0.5, 0.6) is 5.75 Å². The predicted molar refractivity (Wildman–Crippen MR) is 90.1 cm³/mol. The summed E-state index contributed by atoms with van der Waals surface area (Å²) in [5.74, 6) is -0.424. The molecule has 0 aromatic heterocycles. The molecule has 1 fully saturated rings. The molecule has 1 N–H and O–H groups in total. The lowest BCUT2D eigenvalue weighted by Gasteiger charge is -2.35. The molecule has 1 atom stereocenters. The van der Waals surface area contributed by atoms with E-state index < -0.39 is 30.8 Å². The van der Waals surface area contributed by atoms with Gasteiger partial charge < -0.3 is 10.1 Å². The monoisotopic (exact) mass is 428 g/mol. The van der Waals surface area contributed by atoms with Crippen LogP contribution in [0.3, 0.4) is 0 Å². The van der Waals surface area contributed by atoms with Gasteiger partial charge in [-0.25, -0.2) is 0 Å². The van der Waals surface area contributed by atoms with Gasteiger partial charge in [0.2, 0.25) is 0 Å². The van der Waals surface area contributed by atoms with Gasteiger partial charge in [-0.3, -0.25) is 4.90 Å². The molecule has 0 bridgehead atoms. The molecule has 152 valence electrons. The van der Waals surface area contributed by atoms with Crippen molar-refractivity contribution >= 4 is 24.8 Å². The summed E-state index contributed by atoms with van der Waals surface area (Å²) < 4.78 is 78.7. The van der Waals surface area contributed by atoms with E-state index in [2.05, 4.69) is 10.1 Å². The number of ether oxygens (including phenoxy) is 1. The van der Waals surface area contributed by atoms with Crippen molar-refractivity contribution in [3.63, 3.8) is 0 Å². The predicted octanol–water partition coefficient (Wildman–Crippen LogP) is 4.72. The van der Waals surface area contributed by atoms with Crippen molar-refractivity contribution in [2.75, 3.05) is 26.2 Å². The molecule has 1 aromatic rings. The number of hydrogen-bond donors (Lipinski definition) is 1. The maximum atomic E-state index is 12.6. The van der Waals surface area contributed by atoms with E-state index in [4.69, 9.17) is 0 Å². The van der Waals surface area contributed by atoms with Gasteiger partial charge in [-0.1, -0.05) is 12.1 Å². The Morgan fingerprint density at radius 3 is 2.19 bits per heavy atom. The number of alkyl halides is 6. The van der Waals surface area contributed by atoms with Crippen molar-refractivity contribution in [1.29, 1.82) is 0 Å². The van der Waals surface area contributed by atoms with Crippen LogP contribution >= 0.6 is 24.8 Å². The smallest absolute Gasteiger partial charge is 0.406 e. The first-order chi connectivity index (χ1) is 11.1. The summed E-state index contributed by atoms with van der Waals surface area (Å²) in [5.41, 5.74) is 0.392. The second-order valence-corrected chi connectivity index (χ2v) is 5.58. The van der Waals surface area contributed by atoms with E-state index in [9.17, 15) is 26.3 Å².